The highest BCUT2D eigenvalue weighted by atomic mass is 32.2. The molecular formula is C13H26N2O3S. The molecule has 0 aromatic heterocycles. The molecule has 1 saturated heterocycles. The van der Waals surface area contributed by atoms with Gasteiger partial charge in [0.05, 0.1) is 11.9 Å². The normalized spacial score (nSPS) is 24.5. The first kappa shape index (κ1) is 15.2. The molecule has 0 radical (unpaired) electrons. The van der Waals surface area contributed by atoms with Crippen LogP contribution in [0.1, 0.15) is 32.6 Å². The fraction of sp³-hybridized carbons (Fsp3) is 1.00. The van der Waals surface area contributed by atoms with Crippen LogP contribution in [0.15, 0.2) is 0 Å². The van der Waals surface area contributed by atoms with E-state index in [-0.39, 0.29) is 11.9 Å². The minimum Gasteiger partial charge on any atom is -0.381 e. The van der Waals surface area contributed by atoms with Gasteiger partial charge in [0.25, 0.3) is 0 Å². The van der Waals surface area contributed by atoms with Gasteiger partial charge in [0.2, 0.25) is 10.0 Å². The minimum atomic E-state index is -3.16. The van der Waals surface area contributed by atoms with Gasteiger partial charge in [-0.15, -0.1) is 0 Å². The van der Waals surface area contributed by atoms with Crippen LogP contribution in [0.3, 0.4) is 0 Å². The molecule has 0 amide bonds. The third-order valence-electron chi connectivity index (χ3n) is 4.09. The van der Waals surface area contributed by atoms with Crippen molar-refractivity contribution < 1.29 is 13.2 Å². The number of piperidine rings is 1. The lowest BCUT2D eigenvalue weighted by molar-refractivity contribution is 0.134. The van der Waals surface area contributed by atoms with E-state index in [4.69, 9.17) is 4.74 Å². The van der Waals surface area contributed by atoms with Crippen LogP contribution in [-0.4, -0.2) is 57.4 Å². The lowest BCUT2D eigenvalue weighted by Crippen LogP contribution is -2.46. The Morgan fingerprint density at radius 1 is 1.26 bits per heavy atom. The summed E-state index contributed by atoms with van der Waals surface area (Å²) in [4.78, 5) is 0. The quantitative estimate of drug-likeness (QED) is 0.754. The summed E-state index contributed by atoms with van der Waals surface area (Å²) in [5.41, 5.74) is 0. The Kier molecular flexibility index (Phi) is 5.22. The molecule has 1 N–H and O–H groups in total. The zero-order chi connectivity index (χ0) is 13.9. The minimum absolute atomic E-state index is 0.0870. The van der Waals surface area contributed by atoms with E-state index in [0.29, 0.717) is 19.1 Å². The molecule has 112 valence electrons. The summed E-state index contributed by atoms with van der Waals surface area (Å²) in [6.45, 7) is 4.18. The Morgan fingerprint density at radius 3 is 2.42 bits per heavy atom. The van der Waals surface area contributed by atoms with Crippen LogP contribution in [0, 0.1) is 5.92 Å². The number of rotatable bonds is 7. The van der Waals surface area contributed by atoms with Crippen molar-refractivity contribution in [3.63, 3.8) is 0 Å². The maximum Gasteiger partial charge on any atom is 0.216 e. The summed E-state index contributed by atoms with van der Waals surface area (Å²) in [7, 11) is -1.61. The van der Waals surface area contributed by atoms with Crippen molar-refractivity contribution in [3.05, 3.63) is 0 Å². The van der Waals surface area contributed by atoms with Gasteiger partial charge in [-0.1, -0.05) is 0 Å². The van der Waals surface area contributed by atoms with Gasteiger partial charge in [-0.2, -0.15) is 0 Å². The van der Waals surface area contributed by atoms with Crippen LogP contribution in [0.5, 0.6) is 0 Å². The number of sulfonamides is 1. The van der Waals surface area contributed by atoms with E-state index in [1.165, 1.54) is 12.8 Å². The van der Waals surface area contributed by atoms with Crippen LogP contribution in [-0.2, 0) is 14.8 Å². The lowest BCUT2D eigenvalue weighted by atomic mass is 10.1. The molecule has 5 nitrogen and oxygen atoms in total. The van der Waals surface area contributed by atoms with Crippen LogP contribution in [0.4, 0.5) is 0 Å². The van der Waals surface area contributed by atoms with Crippen molar-refractivity contribution in [1.29, 1.82) is 0 Å². The number of hydrogen-bond donors (Lipinski definition) is 1. The summed E-state index contributed by atoms with van der Waals surface area (Å²) >= 11 is 0. The molecule has 0 aromatic carbocycles. The van der Waals surface area contributed by atoms with E-state index >= 15 is 0 Å². The fourth-order valence-corrected chi connectivity index (χ4v) is 4.17. The molecule has 0 spiro atoms. The van der Waals surface area contributed by atoms with Gasteiger partial charge in [0.15, 0.2) is 0 Å². The smallest absolute Gasteiger partial charge is 0.216 e. The first-order valence-corrected chi connectivity index (χ1v) is 8.86. The number of nitrogens with zero attached hydrogens (tertiary/aromatic N) is 1. The third-order valence-corrected chi connectivity index (χ3v) is 6.13. The summed E-state index contributed by atoms with van der Waals surface area (Å²) in [5.74, 6) is 0.966. The Labute approximate surface area is 116 Å². The molecule has 2 fully saturated rings. The van der Waals surface area contributed by atoms with E-state index in [9.17, 15) is 8.42 Å². The van der Waals surface area contributed by atoms with E-state index < -0.39 is 10.0 Å². The Hall–Kier alpha value is -0.170. The van der Waals surface area contributed by atoms with Crippen LogP contribution < -0.4 is 5.32 Å². The molecule has 1 heterocycles. The highest BCUT2D eigenvalue weighted by Crippen LogP contribution is 2.28. The first-order valence-electron chi connectivity index (χ1n) is 7.25. The predicted octanol–water partition coefficient (Wildman–Crippen LogP) is 0.815. The lowest BCUT2D eigenvalue weighted by Gasteiger charge is -2.32. The van der Waals surface area contributed by atoms with Crippen LogP contribution >= 0.6 is 0 Å². The Bertz CT molecular complexity index is 373. The zero-order valence-electron chi connectivity index (χ0n) is 12.0. The third kappa shape index (κ3) is 4.70. The molecule has 1 aliphatic heterocycles. The standard InChI is InChI=1S/C13H26N2O3S/c1-11(18-2)10-19(16,17)15-7-5-13(6-8-15)14-9-12-3-4-12/h11-14H,3-10H2,1-2H3. The highest BCUT2D eigenvalue weighted by molar-refractivity contribution is 7.89. The van der Waals surface area contributed by atoms with Crippen molar-refractivity contribution in [2.45, 2.75) is 44.8 Å². The number of ether oxygens (including phenoxy) is 1. The second-order valence-electron chi connectivity index (χ2n) is 5.85. The van der Waals surface area contributed by atoms with Crippen molar-refractivity contribution >= 4 is 10.0 Å². The van der Waals surface area contributed by atoms with Crippen molar-refractivity contribution in [1.82, 2.24) is 9.62 Å². The predicted molar refractivity (Wildman–Crippen MR) is 75.6 cm³/mol. The van der Waals surface area contributed by atoms with Crippen LogP contribution in [0.25, 0.3) is 0 Å². The fourth-order valence-electron chi connectivity index (χ4n) is 2.46. The van der Waals surface area contributed by atoms with Gasteiger partial charge in [-0.05, 0) is 45.1 Å². The summed E-state index contributed by atoms with van der Waals surface area (Å²) in [6.07, 6.45) is 4.32. The SMILES string of the molecule is COC(C)CS(=O)(=O)N1CCC(NCC2CC2)CC1. The molecule has 2 aliphatic rings. The molecular weight excluding hydrogens is 264 g/mol. The average Bonchev–Trinajstić information content (AvgIpc) is 3.20. The van der Waals surface area contributed by atoms with Gasteiger partial charge in [-0.3, -0.25) is 0 Å². The van der Waals surface area contributed by atoms with Crippen molar-refractivity contribution in [2.75, 3.05) is 32.5 Å². The molecule has 2 rings (SSSR count). The van der Waals surface area contributed by atoms with Gasteiger partial charge < -0.3 is 10.1 Å². The monoisotopic (exact) mass is 290 g/mol. The second kappa shape index (κ2) is 6.52. The molecule has 19 heavy (non-hydrogen) atoms. The molecule has 1 unspecified atom stereocenters. The maximum absolute atomic E-state index is 12.2. The van der Waals surface area contributed by atoms with E-state index in [1.807, 2.05) is 0 Å². The van der Waals surface area contributed by atoms with Crippen molar-refractivity contribution in [3.8, 4) is 0 Å². The largest absolute Gasteiger partial charge is 0.381 e. The van der Waals surface area contributed by atoms with Gasteiger partial charge in [0, 0.05) is 26.2 Å². The average molecular weight is 290 g/mol. The topological polar surface area (TPSA) is 58.6 Å². The summed E-state index contributed by atoms with van der Waals surface area (Å²) < 4.78 is 31.0. The molecule has 1 saturated carbocycles. The summed E-state index contributed by atoms with van der Waals surface area (Å²) in [6, 6.07) is 0.492. The molecule has 0 aromatic rings. The maximum atomic E-state index is 12.2. The highest BCUT2D eigenvalue weighted by Gasteiger charge is 2.30. The van der Waals surface area contributed by atoms with E-state index in [2.05, 4.69) is 5.32 Å². The Morgan fingerprint density at radius 2 is 1.89 bits per heavy atom. The van der Waals surface area contributed by atoms with Gasteiger partial charge in [-0.25, -0.2) is 12.7 Å². The number of methoxy groups -OCH3 is 1. The molecule has 1 atom stereocenters. The molecule has 1 aliphatic carbocycles. The van der Waals surface area contributed by atoms with Gasteiger partial charge >= 0.3 is 0 Å². The first-order chi connectivity index (χ1) is 9.01. The molecule has 0 bridgehead atoms. The number of hydrogen-bond acceptors (Lipinski definition) is 4. The second-order valence-corrected chi connectivity index (χ2v) is 7.86. The van der Waals surface area contributed by atoms with Gasteiger partial charge in [0.1, 0.15) is 0 Å². The van der Waals surface area contributed by atoms with Crippen molar-refractivity contribution in [2.24, 2.45) is 5.92 Å². The number of nitrogens with one attached hydrogen (secondary N) is 1. The molecule has 6 heteroatoms. The zero-order valence-corrected chi connectivity index (χ0v) is 12.8. The van der Waals surface area contributed by atoms with Crippen LogP contribution in [0.2, 0.25) is 0 Å². The Balaban J connectivity index is 1.74. The van der Waals surface area contributed by atoms with E-state index in [1.54, 1.807) is 18.3 Å². The van der Waals surface area contributed by atoms with E-state index in [0.717, 1.165) is 25.3 Å². The summed E-state index contributed by atoms with van der Waals surface area (Å²) in [5, 5.41) is 3.56.